The molecule has 0 bridgehead atoms. The van der Waals surface area contributed by atoms with E-state index in [4.69, 9.17) is 0 Å². The topological polar surface area (TPSA) is 65.2 Å². The molecular weight excluding hydrogens is 382 g/mol. The van der Waals surface area contributed by atoms with Crippen LogP contribution >= 0.6 is 11.8 Å². The van der Waals surface area contributed by atoms with Gasteiger partial charge in [0.25, 0.3) is 0 Å². The van der Waals surface area contributed by atoms with E-state index in [1.807, 2.05) is 77.5 Å². The zero-order chi connectivity index (χ0) is 19.8. The third-order valence-electron chi connectivity index (χ3n) is 6.15. The second-order valence-electron chi connectivity index (χ2n) is 7.77. The fourth-order valence-corrected chi connectivity index (χ4v) is 5.73. The Morgan fingerprint density at radius 3 is 2.66 bits per heavy atom. The molecule has 2 saturated heterocycles. The number of nitrogens with one attached hydrogen (secondary N) is 2. The van der Waals surface area contributed by atoms with Gasteiger partial charge < -0.3 is 15.2 Å². The number of anilines is 1. The van der Waals surface area contributed by atoms with Gasteiger partial charge in [-0.3, -0.25) is 9.59 Å². The third-order valence-corrected chi connectivity index (χ3v) is 7.13. The molecule has 3 aromatic rings. The minimum absolute atomic E-state index is 0.0234. The van der Waals surface area contributed by atoms with Crippen molar-refractivity contribution < 1.29 is 9.59 Å². The zero-order valence-corrected chi connectivity index (χ0v) is 16.9. The number of nitrogens with zero attached hydrogens (tertiary/aromatic N) is 1. The molecule has 5 nitrogen and oxygen atoms in total. The molecule has 2 fully saturated rings. The van der Waals surface area contributed by atoms with Crippen molar-refractivity contribution in [2.24, 2.45) is 0 Å². The largest absolute Gasteiger partial charge is 0.361 e. The van der Waals surface area contributed by atoms with Gasteiger partial charge in [-0.2, -0.15) is 11.8 Å². The van der Waals surface area contributed by atoms with E-state index in [2.05, 4.69) is 10.3 Å². The summed E-state index contributed by atoms with van der Waals surface area (Å²) in [5.41, 5.74) is 2.12. The van der Waals surface area contributed by atoms with E-state index in [9.17, 15) is 9.59 Å². The average molecular weight is 406 g/mol. The first-order valence-electron chi connectivity index (χ1n) is 10.0. The van der Waals surface area contributed by atoms with Crippen LogP contribution in [-0.4, -0.2) is 38.7 Å². The molecule has 6 heteroatoms. The van der Waals surface area contributed by atoms with Crippen LogP contribution in [0, 0.1) is 0 Å². The van der Waals surface area contributed by atoms with Gasteiger partial charge in [0.05, 0.1) is 12.5 Å². The summed E-state index contributed by atoms with van der Waals surface area (Å²) in [6.45, 7) is 0. The Kier molecular flexibility index (Phi) is 4.59. The number of benzene rings is 2. The van der Waals surface area contributed by atoms with Crippen LogP contribution in [0.15, 0.2) is 60.8 Å². The number of amides is 2. The maximum absolute atomic E-state index is 13.6. The van der Waals surface area contributed by atoms with Crippen LogP contribution in [0.5, 0.6) is 0 Å². The molecule has 2 aliphatic heterocycles. The Bertz CT molecular complexity index is 1060. The summed E-state index contributed by atoms with van der Waals surface area (Å²) in [4.78, 5) is 31.4. The first-order chi connectivity index (χ1) is 14.2. The lowest BCUT2D eigenvalue weighted by Crippen LogP contribution is -2.66. The predicted molar refractivity (Wildman–Crippen MR) is 117 cm³/mol. The Balaban J connectivity index is 1.47. The van der Waals surface area contributed by atoms with Gasteiger partial charge >= 0.3 is 0 Å². The van der Waals surface area contributed by atoms with Crippen molar-refractivity contribution in [2.45, 2.75) is 30.8 Å². The molecular formula is C23H23N3O2S. The molecule has 3 heterocycles. The van der Waals surface area contributed by atoms with Crippen LogP contribution in [0.4, 0.5) is 5.69 Å². The lowest BCUT2D eigenvalue weighted by atomic mass is 9.80. The third kappa shape index (κ3) is 3.12. The minimum Gasteiger partial charge on any atom is -0.361 e. The van der Waals surface area contributed by atoms with Crippen LogP contribution in [0.1, 0.15) is 30.9 Å². The Morgan fingerprint density at radius 1 is 1.10 bits per heavy atom. The van der Waals surface area contributed by atoms with Gasteiger partial charge in [0.1, 0.15) is 5.54 Å². The smallest absolute Gasteiger partial charge is 0.250 e. The number of β-lactam (4-membered cyclic amide) rings is 1. The number of carbonyl (C=O) groups excluding carboxylic acids is 2. The van der Waals surface area contributed by atoms with E-state index in [-0.39, 0.29) is 17.9 Å². The molecule has 0 saturated carbocycles. The molecule has 0 radical (unpaired) electrons. The summed E-state index contributed by atoms with van der Waals surface area (Å²) in [6.07, 6.45) is 3.73. The zero-order valence-electron chi connectivity index (χ0n) is 16.1. The molecule has 29 heavy (non-hydrogen) atoms. The van der Waals surface area contributed by atoms with Crippen molar-refractivity contribution >= 4 is 40.2 Å². The minimum atomic E-state index is -0.784. The summed E-state index contributed by atoms with van der Waals surface area (Å²) >= 11 is 1.85. The Hall–Kier alpha value is -2.73. The summed E-state index contributed by atoms with van der Waals surface area (Å²) in [7, 11) is 0. The SMILES string of the molecule is O=C1C[C@H](c2ccccc2)N1C1(C(=O)Nc2ccc3[nH]ccc3c2)CCSCC1. The lowest BCUT2D eigenvalue weighted by Gasteiger charge is -2.53. The van der Waals surface area contributed by atoms with E-state index in [1.165, 1.54) is 0 Å². The van der Waals surface area contributed by atoms with E-state index in [0.717, 1.165) is 33.7 Å². The molecule has 0 unspecified atom stereocenters. The van der Waals surface area contributed by atoms with Crippen LogP contribution in [0.25, 0.3) is 10.9 Å². The molecule has 2 amide bonds. The Morgan fingerprint density at radius 2 is 1.90 bits per heavy atom. The summed E-state index contributed by atoms with van der Waals surface area (Å²) in [5, 5.41) is 4.17. The number of rotatable bonds is 4. The number of carbonyl (C=O) groups is 2. The Labute approximate surface area is 173 Å². The van der Waals surface area contributed by atoms with Crippen LogP contribution < -0.4 is 5.32 Å². The number of aromatic nitrogens is 1. The van der Waals surface area contributed by atoms with Crippen LogP contribution in [-0.2, 0) is 9.59 Å². The molecule has 2 aromatic carbocycles. The van der Waals surface area contributed by atoms with Gasteiger partial charge in [-0.25, -0.2) is 0 Å². The average Bonchev–Trinajstić information content (AvgIpc) is 3.21. The maximum atomic E-state index is 13.6. The highest BCUT2D eigenvalue weighted by atomic mass is 32.2. The summed E-state index contributed by atoms with van der Waals surface area (Å²) in [5.74, 6) is 1.77. The van der Waals surface area contributed by atoms with Crippen molar-refractivity contribution in [2.75, 3.05) is 16.8 Å². The highest BCUT2D eigenvalue weighted by Crippen LogP contribution is 2.46. The first kappa shape index (κ1) is 18.3. The van der Waals surface area contributed by atoms with E-state index >= 15 is 0 Å². The molecule has 148 valence electrons. The van der Waals surface area contributed by atoms with E-state index in [1.54, 1.807) is 0 Å². The number of hydrogen-bond acceptors (Lipinski definition) is 3. The van der Waals surface area contributed by atoms with Gasteiger partial charge in [-0.15, -0.1) is 0 Å². The number of fused-ring (bicyclic) bond motifs is 1. The first-order valence-corrected chi connectivity index (χ1v) is 11.2. The van der Waals surface area contributed by atoms with Gasteiger partial charge in [0.15, 0.2) is 0 Å². The quantitative estimate of drug-likeness (QED) is 0.635. The van der Waals surface area contributed by atoms with E-state index in [0.29, 0.717) is 19.3 Å². The van der Waals surface area contributed by atoms with Crippen molar-refractivity contribution in [1.82, 2.24) is 9.88 Å². The second kappa shape index (κ2) is 7.26. The number of aromatic amines is 1. The molecule has 5 rings (SSSR count). The summed E-state index contributed by atoms with van der Waals surface area (Å²) < 4.78 is 0. The molecule has 1 aromatic heterocycles. The highest BCUT2D eigenvalue weighted by molar-refractivity contribution is 7.99. The van der Waals surface area contributed by atoms with Crippen molar-refractivity contribution in [1.29, 1.82) is 0 Å². The van der Waals surface area contributed by atoms with Crippen LogP contribution in [0.3, 0.4) is 0 Å². The number of H-pyrrole nitrogens is 1. The molecule has 2 N–H and O–H groups in total. The standard InChI is InChI=1S/C23H23N3O2S/c27-21-15-20(16-4-2-1-3-5-16)26(21)23(9-12-29-13-10-23)22(28)25-18-6-7-19-17(14-18)8-11-24-19/h1-8,11,14,20,24H,9-10,12-13,15H2,(H,25,28)/t20-/m1/s1. The molecule has 0 aliphatic carbocycles. The van der Waals surface area contributed by atoms with Gasteiger partial charge in [0, 0.05) is 22.8 Å². The summed E-state index contributed by atoms with van der Waals surface area (Å²) in [6, 6.07) is 17.9. The number of thioether (sulfide) groups is 1. The molecule has 1 atom stereocenters. The molecule has 2 aliphatic rings. The highest BCUT2D eigenvalue weighted by Gasteiger charge is 2.55. The number of hydrogen-bond donors (Lipinski definition) is 2. The van der Waals surface area contributed by atoms with Crippen LogP contribution in [0.2, 0.25) is 0 Å². The monoisotopic (exact) mass is 405 g/mol. The fraction of sp³-hybridized carbons (Fsp3) is 0.304. The van der Waals surface area contributed by atoms with Gasteiger partial charge in [-0.1, -0.05) is 30.3 Å². The molecule has 0 spiro atoms. The van der Waals surface area contributed by atoms with Gasteiger partial charge in [-0.05, 0) is 54.2 Å². The van der Waals surface area contributed by atoms with E-state index < -0.39 is 5.54 Å². The normalized spacial score (nSPS) is 21.0. The lowest BCUT2D eigenvalue weighted by molar-refractivity contribution is -0.164. The maximum Gasteiger partial charge on any atom is 0.250 e. The van der Waals surface area contributed by atoms with Gasteiger partial charge in [0.2, 0.25) is 11.8 Å². The van der Waals surface area contributed by atoms with Crippen molar-refractivity contribution in [3.63, 3.8) is 0 Å². The van der Waals surface area contributed by atoms with Crippen molar-refractivity contribution in [3.05, 3.63) is 66.4 Å². The number of likely N-dealkylation sites (tertiary alicyclic amines) is 1. The predicted octanol–water partition coefficient (Wildman–Crippen LogP) is 4.35. The second-order valence-corrected chi connectivity index (χ2v) is 9.00. The fourth-order valence-electron chi connectivity index (χ4n) is 4.56. The van der Waals surface area contributed by atoms with Crippen molar-refractivity contribution in [3.8, 4) is 0 Å².